The van der Waals surface area contributed by atoms with E-state index in [0.717, 1.165) is 12.7 Å². The van der Waals surface area contributed by atoms with Crippen molar-refractivity contribution < 1.29 is 23.4 Å². The van der Waals surface area contributed by atoms with Crippen molar-refractivity contribution in [2.45, 2.75) is 38.5 Å². The minimum atomic E-state index is -4.78. The number of rotatable bonds is 4. The molecule has 3 nitrogen and oxygen atoms in total. The van der Waals surface area contributed by atoms with Gasteiger partial charge in [0.2, 0.25) is 5.60 Å². The maximum absolute atomic E-state index is 13.2. The first kappa shape index (κ1) is 21.4. The first-order chi connectivity index (χ1) is 11.7. The summed E-state index contributed by atoms with van der Waals surface area (Å²) in [7, 11) is 1.00. The molecule has 0 bridgehead atoms. The number of alkyl halides is 3. The van der Waals surface area contributed by atoms with E-state index >= 15 is 0 Å². The molecule has 1 unspecified atom stereocenters. The highest BCUT2D eigenvalue weighted by Crippen LogP contribution is 2.42. The van der Waals surface area contributed by atoms with Gasteiger partial charge in [-0.2, -0.15) is 13.2 Å². The molecule has 2 N–H and O–H groups in total. The summed E-state index contributed by atoms with van der Waals surface area (Å²) in [6.45, 7) is 3.47. The van der Waals surface area contributed by atoms with Crippen molar-refractivity contribution in [3.8, 4) is 11.1 Å². The molecule has 1 heterocycles. The van der Waals surface area contributed by atoms with Crippen LogP contribution in [-0.4, -0.2) is 28.5 Å². The Labute approximate surface area is 150 Å². The molecule has 0 aliphatic carbocycles. The summed E-state index contributed by atoms with van der Waals surface area (Å²) in [4.78, 5) is 3.85. The van der Waals surface area contributed by atoms with Gasteiger partial charge in [0.05, 0.1) is 5.69 Å². The monoisotopic (exact) mass is 375 g/mol. The van der Waals surface area contributed by atoms with Gasteiger partial charge >= 0.3 is 6.18 Å². The fourth-order valence-corrected chi connectivity index (χ4v) is 2.77. The number of pyridine rings is 1. The van der Waals surface area contributed by atoms with Crippen molar-refractivity contribution >= 4 is 11.6 Å². The molecule has 138 valence electrons. The summed E-state index contributed by atoms with van der Waals surface area (Å²) in [5.74, 6) is 0. The molecule has 7 heteroatoms. The van der Waals surface area contributed by atoms with Gasteiger partial charge in [-0.3, -0.25) is 4.98 Å². The van der Waals surface area contributed by atoms with Gasteiger partial charge in [-0.05, 0) is 31.0 Å². The number of hydrogen-bond acceptors (Lipinski definition) is 3. The molecule has 1 aromatic heterocycles. The van der Waals surface area contributed by atoms with Crippen LogP contribution in [0.3, 0.4) is 0 Å². The van der Waals surface area contributed by atoms with Gasteiger partial charge in [0.1, 0.15) is 0 Å². The number of benzene rings is 1. The van der Waals surface area contributed by atoms with Crippen LogP contribution in [-0.2, 0) is 5.60 Å². The summed E-state index contributed by atoms with van der Waals surface area (Å²) in [6.07, 6.45) is -3.73. The van der Waals surface area contributed by atoms with E-state index in [4.69, 9.17) is 16.7 Å². The molecule has 0 aliphatic heterocycles. The Hall–Kier alpha value is -1.63. The molecule has 0 amide bonds. The molecule has 0 radical (unpaired) electrons. The van der Waals surface area contributed by atoms with Gasteiger partial charge in [-0.15, -0.1) is 0 Å². The Morgan fingerprint density at radius 3 is 2.20 bits per heavy atom. The van der Waals surface area contributed by atoms with Crippen LogP contribution in [0.1, 0.15) is 31.0 Å². The zero-order chi connectivity index (χ0) is 19.3. The topological polar surface area (TPSA) is 53.4 Å². The van der Waals surface area contributed by atoms with Crippen molar-refractivity contribution in [3.63, 3.8) is 0 Å². The Balaban J connectivity index is 0.00000151. The van der Waals surface area contributed by atoms with Crippen LogP contribution in [0.15, 0.2) is 36.5 Å². The molecule has 0 saturated heterocycles. The van der Waals surface area contributed by atoms with Crippen molar-refractivity contribution in [3.05, 3.63) is 52.8 Å². The van der Waals surface area contributed by atoms with E-state index in [0.29, 0.717) is 16.1 Å². The Morgan fingerprint density at radius 1 is 1.12 bits per heavy atom. The maximum atomic E-state index is 13.2. The molecule has 0 saturated carbocycles. The van der Waals surface area contributed by atoms with E-state index in [2.05, 4.69) is 4.98 Å². The average Bonchev–Trinajstić information content (AvgIpc) is 2.56. The van der Waals surface area contributed by atoms with Crippen LogP contribution in [0, 0.1) is 6.92 Å². The van der Waals surface area contributed by atoms with Crippen LogP contribution in [0.5, 0.6) is 0 Å². The molecule has 0 fully saturated rings. The highest BCUT2D eigenvalue weighted by Gasteiger charge is 2.55. The fraction of sp³-hybridized carbons (Fsp3) is 0.389. The lowest BCUT2D eigenvalue weighted by atomic mass is 9.92. The lowest BCUT2D eigenvalue weighted by molar-refractivity contribution is -0.270. The number of nitrogens with zero attached hydrogens (tertiary/aromatic N) is 1. The smallest absolute Gasteiger partial charge is 0.400 e. The van der Waals surface area contributed by atoms with Gasteiger partial charge in [-0.25, -0.2) is 0 Å². The Morgan fingerprint density at radius 2 is 1.76 bits per heavy atom. The van der Waals surface area contributed by atoms with E-state index in [1.54, 1.807) is 19.1 Å². The largest absolute Gasteiger partial charge is 0.422 e. The number of aliphatic hydroxyl groups excluding tert-OH is 1. The Bertz CT molecular complexity index is 690. The normalized spacial score (nSPS) is 13.6. The predicted molar refractivity (Wildman–Crippen MR) is 92.4 cm³/mol. The minimum absolute atomic E-state index is 0.184. The quantitative estimate of drug-likeness (QED) is 0.801. The summed E-state index contributed by atoms with van der Waals surface area (Å²) in [6, 6.07) is 8.11. The molecule has 0 aliphatic rings. The van der Waals surface area contributed by atoms with Gasteiger partial charge in [0, 0.05) is 29.5 Å². The second-order valence-electron chi connectivity index (χ2n) is 5.52. The molecule has 2 aromatic rings. The van der Waals surface area contributed by atoms with Crippen molar-refractivity contribution in [2.75, 3.05) is 7.11 Å². The molecular weight excluding hydrogens is 355 g/mol. The summed E-state index contributed by atoms with van der Waals surface area (Å²) in [5.41, 5.74) is -1.07. The number of halogens is 4. The fourth-order valence-electron chi connectivity index (χ4n) is 2.43. The van der Waals surface area contributed by atoms with Crippen molar-refractivity contribution in [2.24, 2.45) is 0 Å². The van der Waals surface area contributed by atoms with Crippen LogP contribution < -0.4 is 0 Å². The van der Waals surface area contributed by atoms with Gasteiger partial charge < -0.3 is 10.2 Å². The first-order valence-electron chi connectivity index (χ1n) is 7.66. The summed E-state index contributed by atoms with van der Waals surface area (Å²) >= 11 is 6.16. The minimum Gasteiger partial charge on any atom is -0.400 e. The van der Waals surface area contributed by atoms with E-state index in [9.17, 15) is 18.3 Å². The average molecular weight is 376 g/mol. The zero-order valence-corrected chi connectivity index (χ0v) is 15.0. The molecule has 25 heavy (non-hydrogen) atoms. The third-order valence-corrected chi connectivity index (χ3v) is 4.02. The van der Waals surface area contributed by atoms with E-state index in [1.165, 1.54) is 18.3 Å². The number of aryl methyl sites for hydroxylation is 1. The van der Waals surface area contributed by atoms with E-state index in [1.807, 2.05) is 13.0 Å². The Kier molecular flexibility index (Phi) is 7.41. The third kappa shape index (κ3) is 4.71. The zero-order valence-electron chi connectivity index (χ0n) is 14.2. The summed E-state index contributed by atoms with van der Waals surface area (Å²) in [5, 5.41) is 17.6. The molecular formula is C18H21ClF3NO2. The molecule has 2 rings (SSSR count). The van der Waals surface area contributed by atoms with Gasteiger partial charge in [0.15, 0.2) is 0 Å². The third-order valence-electron chi connectivity index (χ3n) is 3.70. The lowest BCUT2D eigenvalue weighted by Crippen LogP contribution is -2.42. The first-order valence-corrected chi connectivity index (χ1v) is 8.03. The molecule has 1 aromatic carbocycles. The second-order valence-corrected chi connectivity index (χ2v) is 5.93. The van der Waals surface area contributed by atoms with E-state index < -0.39 is 23.9 Å². The molecule has 0 spiro atoms. The SMILES string of the molecule is CCCC(O)(c1ccc(-c2ccc(C)cc2Cl)cn1)C(F)(F)F.CO. The molecule has 1 atom stereocenters. The van der Waals surface area contributed by atoms with Gasteiger partial charge in [0.25, 0.3) is 0 Å². The van der Waals surface area contributed by atoms with Crippen molar-refractivity contribution in [1.29, 1.82) is 0 Å². The highest BCUT2D eigenvalue weighted by atomic mass is 35.5. The van der Waals surface area contributed by atoms with Crippen molar-refractivity contribution in [1.82, 2.24) is 4.98 Å². The second kappa shape index (κ2) is 8.65. The predicted octanol–water partition coefficient (Wildman–Crippen LogP) is 4.87. The maximum Gasteiger partial charge on any atom is 0.422 e. The number of aliphatic hydroxyl groups is 2. The number of hydrogen-bond donors (Lipinski definition) is 2. The van der Waals surface area contributed by atoms with Crippen LogP contribution in [0.25, 0.3) is 11.1 Å². The highest BCUT2D eigenvalue weighted by molar-refractivity contribution is 6.33. The standard InChI is InChI=1S/C17H17ClF3NO.CH4O/c1-3-8-16(23,17(19,20)21)15-7-5-12(10-22-15)13-6-4-11(2)9-14(13)18;1-2/h4-7,9-10,23H,3,8H2,1-2H3;2H,1H3. The summed E-state index contributed by atoms with van der Waals surface area (Å²) < 4.78 is 39.6. The lowest BCUT2D eigenvalue weighted by Gasteiger charge is -2.29. The van der Waals surface area contributed by atoms with Crippen LogP contribution in [0.2, 0.25) is 5.02 Å². The van der Waals surface area contributed by atoms with Gasteiger partial charge in [-0.1, -0.05) is 43.1 Å². The van der Waals surface area contributed by atoms with E-state index in [-0.39, 0.29) is 6.42 Å². The van der Waals surface area contributed by atoms with Crippen LogP contribution >= 0.6 is 11.6 Å². The number of aromatic nitrogens is 1. The van der Waals surface area contributed by atoms with Crippen LogP contribution in [0.4, 0.5) is 13.2 Å².